The van der Waals surface area contributed by atoms with E-state index in [0.717, 1.165) is 10.9 Å². The molecule has 4 aromatic rings. The number of hydrogen-bond acceptors (Lipinski definition) is 4. The van der Waals surface area contributed by atoms with Gasteiger partial charge in [-0.05, 0) is 42.5 Å². The average Bonchev–Trinajstić information content (AvgIpc) is 2.69. The Kier molecular flexibility index (Phi) is 6.19. The van der Waals surface area contributed by atoms with Crippen LogP contribution in [-0.2, 0) is 10.0 Å². The number of sulfonamides is 1. The van der Waals surface area contributed by atoms with Gasteiger partial charge in [0.2, 0.25) is 0 Å². The van der Waals surface area contributed by atoms with Crippen molar-refractivity contribution in [1.82, 2.24) is 4.98 Å². The highest BCUT2D eigenvalue weighted by molar-refractivity contribution is 7.92. The molecule has 0 aliphatic heterocycles. The maximum absolute atomic E-state index is 12.7. The van der Waals surface area contributed by atoms with Gasteiger partial charge in [-0.25, -0.2) is 8.42 Å². The van der Waals surface area contributed by atoms with E-state index in [-0.39, 0.29) is 36.4 Å². The van der Waals surface area contributed by atoms with E-state index in [4.69, 9.17) is 51.1 Å². The molecule has 0 radical (unpaired) electrons. The van der Waals surface area contributed by atoms with Gasteiger partial charge in [0.15, 0.2) is 5.75 Å². The second-order valence-electron chi connectivity index (χ2n) is 6.45. The van der Waals surface area contributed by atoms with E-state index >= 15 is 0 Å². The number of rotatable bonds is 5. The Bertz CT molecular complexity index is 1370. The molecule has 158 valence electrons. The van der Waals surface area contributed by atoms with Crippen molar-refractivity contribution in [3.8, 4) is 11.5 Å². The zero-order valence-electron chi connectivity index (χ0n) is 15.4. The summed E-state index contributed by atoms with van der Waals surface area (Å²) >= 11 is 24.4. The number of aromatic nitrogens is 1. The van der Waals surface area contributed by atoms with Crippen molar-refractivity contribution in [2.45, 2.75) is 4.90 Å². The summed E-state index contributed by atoms with van der Waals surface area (Å²) in [5.41, 5.74) is 0.966. The van der Waals surface area contributed by atoms with Gasteiger partial charge in [0.1, 0.15) is 5.75 Å². The molecule has 0 saturated carbocycles. The Morgan fingerprint density at radius 1 is 0.839 bits per heavy atom. The van der Waals surface area contributed by atoms with Crippen LogP contribution < -0.4 is 9.46 Å². The summed E-state index contributed by atoms with van der Waals surface area (Å²) in [6.45, 7) is 0. The predicted octanol–water partition coefficient (Wildman–Crippen LogP) is 7.44. The van der Waals surface area contributed by atoms with E-state index in [0.29, 0.717) is 5.75 Å². The van der Waals surface area contributed by atoms with Gasteiger partial charge in [-0.15, -0.1) is 0 Å². The highest BCUT2D eigenvalue weighted by atomic mass is 35.5. The topological polar surface area (TPSA) is 68.3 Å². The Balaban J connectivity index is 1.62. The largest absolute Gasteiger partial charge is 0.453 e. The van der Waals surface area contributed by atoms with Gasteiger partial charge >= 0.3 is 0 Å². The number of anilines is 1. The molecule has 0 saturated heterocycles. The number of halogens is 4. The molecule has 1 aromatic heterocycles. The minimum atomic E-state index is -3.97. The Morgan fingerprint density at radius 2 is 1.48 bits per heavy atom. The average molecular weight is 514 g/mol. The third-order valence-corrected chi connectivity index (χ3v) is 6.54. The van der Waals surface area contributed by atoms with Crippen molar-refractivity contribution in [3.63, 3.8) is 0 Å². The van der Waals surface area contributed by atoms with Gasteiger partial charge in [-0.3, -0.25) is 9.71 Å². The van der Waals surface area contributed by atoms with Gasteiger partial charge in [0.05, 0.1) is 32.3 Å². The molecule has 0 aliphatic carbocycles. The summed E-state index contributed by atoms with van der Waals surface area (Å²) in [5, 5.41) is 1.50. The van der Waals surface area contributed by atoms with Crippen molar-refractivity contribution >= 4 is 73.0 Å². The first-order valence-corrected chi connectivity index (χ1v) is 11.7. The number of nitrogens with zero attached hydrogens (tertiary/aromatic N) is 1. The fourth-order valence-corrected chi connectivity index (χ4v) is 5.17. The second kappa shape index (κ2) is 8.73. The lowest BCUT2D eigenvalue weighted by Gasteiger charge is -2.13. The third-order valence-electron chi connectivity index (χ3n) is 4.18. The molecule has 1 N–H and O–H groups in total. The molecule has 10 heteroatoms. The molecule has 1 heterocycles. The third kappa shape index (κ3) is 5.00. The molecule has 0 fully saturated rings. The van der Waals surface area contributed by atoms with Gasteiger partial charge in [0.25, 0.3) is 10.0 Å². The van der Waals surface area contributed by atoms with Gasteiger partial charge in [-0.2, -0.15) is 0 Å². The first kappa shape index (κ1) is 22.0. The summed E-state index contributed by atoms with van der Waals surface area (Å²) in [7, 11) is -3.97. The lowest BCUT2D eigenvalue weighted by molar-refractivity contribution is 0.482. The molecule has 0 amide bonds. The summed E-state index contributed by atoms with van der Waals surface area (Å²) in [6.07, 6.45) is 1.55. The fraction of sp³-hybridized carbons (Fsp3) is 0. The van der Waals surface area contributed by atoms with E-state index in [1.165, 1.54) is 30.3 Å². The van der Waals surface area contributed by atoms with Crippen LogP contribution in [0.15, 0.2) is 71.8 Å². The number of ether oxygens (including phenoxy) is 1. The molecule has 0 spiro atoms. The van der Waals surface area contributed by atoms with Crippen LogP contribution in [0.2, 0.25) is 20.1 Å². The molecular weight excluding hydrogens is 502 g/mol. The monoisotopic (exact) mass is 512 g/mol. The van der Waals surface area contributed by atoms with Crippen LogP contribution in [0.5, 0.6) is 11.5 Å². The van der Waals surface area contributed by atoms with Crippen molar-refractivity contribution in [1.29, 1.82) is 0 Å². The quantitative estimate of drug-likeness (QED) is 0.301. The van der Waals surface area contributed by atoms with Crippen LogP contribution >= 0.6 is 46.4 Å². The minimum absolute atomic E-state index is 0.0974. The van der Waals surface area contributed by atoms with Crippen LogP contribution in [-0.4, -0.2) is 13.4 Å². The van der Waals surface area contributed by atoms with Crippen molar-refractivity contribution in [3.05, 3.63) is 87.0 Å². The normalized spacial score (nSPS) is 11.5. The van der Waals surface area contributed by atoms with Crippen LogP contribution in [0.3, 0.4) is 0 Å². The Hall–Kier alpha value is -2.22. The first-order valence-electron chi connectivity index (χ1n) is 8.72. The standard InChI is InChI=1S/C21H12Cl4N2O3S/c22-13-6-14(23)8-17(7-13)31(28,29)27-15-9-18(24)21(19(25)10-15)30-16-5-12-3-1-2-4-20(12)26-11-16/h1-11,27H. The van der Waals surface area contributed by atoms with E-state index in [1.54, 1.807) is 12.3 Å². The Morgan fingerprint density at radius 3 is 2.16 bits per heavy atom. The van der Waals surface area contributed by atoms with E-state index in [2.05, 4.69) is 9.71 Å². The van der Waals surface area contributed by atoms with Gasteiger partial charge < -0.3 is 4.74 Å². The molecule has 5 nitrogen and oxygen atoms in total. The number of nitrogens with one attached hydrogen (secondary N) is 1. The molecule has 0 unspecified atom stereocenters. The molecule has 3 aromatic carbocycles. The van der Waals surface area contributed by atoms with Crippen LogP contribution in [0.4, 0.5) is 5.69 Å². The highest BCUT2D eigenvalue weighted by Gasteiger charge is 2.18. The number of pyridine rings is 1. The van der Waals surface area contributed by atoms with Gasteiger partial charge in [0, 0.05) is 15.4 Å². The molecule has 31 heavy (non-hydrogen) atoms. The first-order chi connectivity index (χ1) is 14.7. The zero-order valence-corrected chi connectivity index (χ0v) is 19.3. The SMILES string of the molecule is O=S(=O)(Nc1cc(Cl)c(Oc2cnc3ccccc3c2)c(Cl)c1)c1cc(Cl)cc(Cl)c1. The lowest BCUT2D eigenvalue weighted by atomic mass is 10.2. The molecular formula is C21H12Cl4N2O3S. The van der Waals surface area contributed by atoms with Crippen molar-refractivity contribution in [2.24, 2.45) is 0 Å². The highest BCUT2D eigenvalue weighted by Crippen LogP contribution is 2.39. The molecule has 0 atom stereocenters. The van der Waals surface area contributed by atoms with E-state index in [9.17, 15) is 8.42 Å². The van der Waals surface area contributed by atoms with Gasteiger partial charge in [-0.1, -0.05) is 64.6 Å². The maximum atomic E-state index is 12.7. The number of hydrogen-bond donors (Lipinski definition) is 1. The predicted molar refractivity (Wildman–Crippen MR) is 126 cm³/mol. The summed E-state index contributed by atoms with van der Waals surface area (Å²) in [4.78, 5) is 4.23. The van der Waals surface area contributed by atoms with Crippen molar-refractivity contribution < 1.29 is 13.2 Å². The van der Waals surface area contributed by atoms with Crippen LogP contribution in [0.1, 0.15) is 0 Å². The summed E-state index contributed by atoms with van der Waals surface area (Å²) in [6, 6.07) is 16.1. The molecule has 4 rings (SSSR count). The number of benzene rings is 3. The molecule has 0 aliphatic rings. The lowest BCUT2D eigenvalue weighted by Crippen LogP contribution is -2.13. The van der Waals surface area contributed by atoms with Crippen molar-refractivity contribution in [2.75, 3.05) is 4.72 Å². The number of para-hydroxylation sites is 1. The molecule has 0 bridgehead atoms. The zero-order chi connectivity index (χ0) is 22.2. The maximum Gasteiger partial charge on any atom is 0.261 e. The fourth-order valence-electron chi connectivity index (χ4n) is 2.84. The van der Waals surface area contributed by atoms with E-state index in [1.807, 2.05) is 24.3 Å². The summed E-state index contributed by atoms with van der Waals surface area (Å²) < 4.78 is 33.6. The second-order valence-corrected chi connectivity index (χ2v) is 9.82. The van der Waals surface area contributed by atoms with Crippen LogP contribution in [0.25, 0.3) is 10.9 Å². The summed E-state index contributed by atoms with van der Waals surface area (Å²) in [5.74, 6) is 0.610. The Labute approximate surface area is 198 Å². The van der Waals surface area contributed by atoms with E-state index < -0.39 is 10.0 Å². The van der Waals surface area contributed by atoms with Crippen LogP contribution in [0, 0.1) is 0 Å². The minimum Gasteiger partial charge on any atom is -0.453 e. The smallest absolute Gasteiger partial charge is 0.261 e. The number of fused-ring (bicyclic) bond motifs is 1.